The van der Waals surface area contributed by atoms with Crippen molar-refractivity contribution in [1.29, 1.82) is 0 Å². The van der Waals surface area contributed by atoms with Crippen LogP contribution in [0.15, 0.2) is 24.3 Å². The van der Waals surface area contributed by atoms with Crippen molar-refractivity contribution in [2.75, 3.05) is 20.4 Å². The molecule has 0 bridgehead atoms. The van der Waals surface area contributed by atoms with Crippen molar-refractivity contribution < 1.29 is 13.8 Å². The zero-order valence-electron chi connectivity index (χ0n) is 11.8. The fourth-order valence-electron chi connectivity index (χ4n) is 1.31. The first-order valence-electron chi connectivity index (χ1n) is 5.91. The summed E-state index contributed by atoms with van der Waals surface area (Å²) >= 11 is 0. The molecule has 0 saturated heterocycles. The smallest absolute Gasteiger partial charge is 0.177 e. The predicted octanol–water partition coefficient (Wildman–Crippen LogP) is 3.91. The van der Waals surface area contributed by atoms with E-state index in [1.807, 2.05) is 0 Å². The second kappa shape index (κ2) is 10.2. The van der Waals surface area contributed by atoms with Crippen LogP contribution in [0.1, 0.15) is 30.9 Å². The number of rotatable bonds is 5. The maximum atomic E-state index is 9.79. The Kier molecular flexibility index (Phi) is 9.76. The topological polar surface area (TPSA) is 35.5 Å². The molecule has 0 aromatic heterocycles. The van der Waals surface area contributed by atoms with E-state index in [0.29, 0.717) is 12.1 Å². The van der Waals surface area contributed by atoms with E-state index in [-0.39, 0.29) is 0 Å². The third-order valence-electron chi connectivity index (χ3n) is 2.34. The van der Waals surface area contributed by atoms with Gasteiger partial charge in [0.15, 0.2) is 8.38 Å². The van der Waals surface area contributed by atoms with Gasteiger partial charge in [0.2, 0.25) is 0 Å². The van der Waals surface area contributed by atoms with Crippen LogP contribution in [-0.2, 0) is 13.8 Å². The van der Waals surface area contributed by atoms with Crippen LogP contribution >= 0.6 is 8.38 Å². The number of benzene rings is 1. The van der Waals surface area contributed by atoms with E-state index in [4.69, 9.17) is 9.05 Å². The fourth-order valence-corrected chi connectivity index (χ4v) is 1.88. The first-order valence-corrected chi connectivity index (χ1v) is 7.27. The summed E-state index contributed by atoms with van der Waals surface area (Å²) < 4.78 is 9.50. The molecular formula is C14H23O3P. The maximum Gasteiger partial charge on any atom is 0.177 e. The SMILES string of the molecule is COP(CC=O)OC.Cc1cccc(C(C)C)c1. The molecule has 3 nitrogen and oxygen atoms in total. The van der Waals surface area contributed by atoms with Gasteiger partial charge in [0, 0.05) is 14.2 Å². The normalized spacial score (nSPS) is 10.2. The van der Waals surface area contributed by atoms with Crippen LogP contribution in [0.5, 0.6) is 0 Å². The van der Waals surface area contributed by atoms with Crippen LogP contribution in [0, 0.1) is 6.92 Å². The van der Waals surface area contributed by atoms with Gasteiger partial charge in [0.05, 0.1) is 6.16 Å². The number of carbonyl (C=O) groups excluding carboxylic acids is 1. The highest BCUT2D eigenvalue weighted by Crippen LogP contribution is 2.33. The van der Waals surface area contributed by atoms with Gasteiger partial charge in [0.25, 0.3) is 0 Å². The van der Waals surface area contributed by atoms with E-state index in [1.165, 1.54) is 25.3 Å². The van der Waals surface area contributed by atoms with Gasteiger partial charge in [-0.3, -0.25) is 0 Å². The molecule has 0 radical (unpaired) electrons. The molecule has 18 heavy (non-hydrogen) atoms. The Labute approximate surface area is 111 Å². The number of aldehydes is 1. The van der Waals surface area contributed by atoms with E-state index in [1.54, 1.807) is 0 Å². The fraction of sp³-hybridized carbons (Fsp3) is 0.500. The minimum atomic E-state index is -0.924. The number of hydrogen-bond acceptors (Lipinski definition) is 3. The molecule has 0 aliphatic carbocycles. The average molecular weight is 270 g/mol. The molecule has 1 aromatic carbocycles. The van der Waals surface area contributed by atoms with Crippen LogP contribution in [0.4, 0.5) is 0 Å². The summed E-state index contributed by atoms with van der Waals surface area (Å²) in [5, 5.41) is 0. The third-order valence-corrected chi connectivity index (χ3v) is 3.60. The van der Waals surface area contributed by atoms with E-state index in [9.17, 15) is 4.79 Å². The number of hydrogen-bond donors (Lipinski definition) is 0. The van der Waals surface area contributed by atoms with Crippen molar-refractivity contribution in [1.82, 2.24) is 0 Å². The van der Waals surface area contributed by atoms with Gasteiger partial charge >= 0.3 is 0 Å². The quantitative estimate of drug-likeness (QED) is 0.601. The summed E-state index contributed by atoms with van der Waals surface area (Å²) in [6, 6.07) is 8.67. The standard InChI is InChI=1S/C10H14.C4H9O3P/c1-8(2)10-6-4-5-9(3)7-10;1-6-8(7-2)4-3-5/h4-8H,1-3H3;3H,4H2,1-2H3. The summed E-state index contributed by atoms with van der Waals surface area (Å²) in [6.45, 7) is 6.56. The molecule has 0 saturated carbocycles. The minimum absolute atomic E-state index is 0.363. The Bertz CT molecular complexity index is 336. The molecule has 4 heteroatoms. The van der Waals surface area contributed by atoms with E-state index in [2.05, 4.69) is 45.0 Å². The lowest BCUT2D eigenvalue weighted by molar-refractivity contribution is -0.105. The molecule has 0 fully saturated rings. The van der Waals surface area contributed by atoms with Crippen molar-refractivity contribution in [2.45, 2.75) is 26.7 Å². The molecule has 0 spiro atoms. The number of carbonyl (C=O) groups is 1. The third kappa shape index (κ3) is 7.54. The van der Waals surface area contributed by atoms with Crippen molar-refractivity contribution >= 4 is 14.7 Å². The molecule has 0 atom stereocenters. The van der Waals surface area contributed by atoms with Gasteiger partial charge in [-0.15, -0.1) is 0 Å². The van der Waals surface area contributed by atoms with Gasteiger partial charge in [-0.1, -0.05) is 43.7 Å². The highest BCUT2D eigenvalue weighted by Gasteiger charge is 2.02. The molecule has 1 rings (SSSR count). The van der Waals surface area contributed by atoms with Gasteiger partial charge in [-0.25, -0.2) is 0 Å². The van der Waals surface area contributed by atoms with Crippen molar-refractivity contribution in [2.24, 2.45) is 0 Å². The zero-order chi connectivity index (χ0) is 14.0. The summed E-state index contributed by atoms with van der Waals surface area (Å²) in [4.78, 5) is 9.79. The van der Waals surface area contributed by atoms with Gasteiger partial charge in [-0.2, -0.15) is 0 Å². The molecular weight excluding hydrogens is 247 g/mol. The lowest BCUT2D eigenvalue weighted by atomic mass is 10.0. The van der Waals surface area contributed by atoms with E-state index >= 15 is 0 Å². The minimum Gasteiger partial charge on any atom is -0.337 e. The van der Waals surface area contributed by atoms with Crippen molar-refractivity contribution in [3.05, 3.63) is 35.4 Å². The highest BCUT2D eigenvalue weighted by atomic mass is 31.2. The molecule has 0 unspecified atom stereocenters. The molecule has 0 amide bonds. The lowest BCUT2D eigenvalue weighted by Gasteiger charge is -2.06. The first-order chi connectivity index (χ1) is 8.54. The van der Waals surface area contributed by atoms with Crippen LogP contribution in [0.25, 0.3) is 0 Å². The second-order valence-corrected chi connectivity index (χ2v) is 5.88. The van der Waals surface area contributed by atoms with Crippen LogP contribution < -0.4 is 0 Å². The van der Waals surface area contributed by atoms with Gasteiger partial charge < -0.3 is 13.8 Å². The maximum absolute atomic E-state index is 9.79. The Balaban J connectivity index is 0.000000331. The summed E-state index contributed by atoms with van der Waals surface area (Å²) in [5.74, 6) is 0.653. The van der Waals surface area contributed by atoms with Crippen molar-refractivity contribution in [3.8, 4) is 0 Å². The Morgan fingerprint density at radius 1 is 1.28 bits per heavy atom. The van der Waals surface area contributed by atoms with Crippen molar-refractivity contribution in [3.63, 3.8) is 0 Å². The molecule has 0 N–H and O–H groups in total. The molecule has 0 aliphatic heterocycles. The largest absolute Gasteiger partial charge is 0.337 e. The molecule has 0 aliphatic rings. The number of aryl methyl sites for hydroxylation is 1. The Morgan fingerprint density at radius 2 is 1.89 bits per heavy atom. The Hall–Kier alpha value is -0.760. The van der Waals surface area contributed by atoms with Crippen LogP contribution in [0.2, 0.25) is 0 Å². The second-order valence-electron chi connectivity index (χ2n) is 4.12. The summed E-state index contributed by atoms with van der Waals surface area (Å²) in [6.07, 6.45) is 1.15. The average Bonchev–Trinajstić information content (AvgIpc) is 2.36. The van der Waals surface area contributed by atoms with Gasteiger partial charge in [-0.05, 0) is 18.4 Å². The molecule has 1 aromatic rings. The molecule has 102 valence electrons. The van der Waals surface area contributed by atoms with E-state index in [0.717, 1.165) is 6.29 Å². The van der Waals surface area contributed by atoms with Crippen LogP contribution in [0.3, 0.4) is 0 Å². The monoisotopic (exact) mass is 270 g/mol. The van der Waals surface area contributed by atoms with E-state index < -0.39 is 8.38 Å². The highest BCUT2D eigenvalue weighted by molar-refractivity contribution is 7.48. The zero-order valence-corrected chi connectivity index (χ0v) is 12.7. The van der Waals surface area contributed by atoms with Crippen LogP contribution in [-0.4, -0.2) is 26.7 Å². The predicted molar refractivity (Wildman–Crippen MR) is 77.1 cm³/mol. The Morgan fingerprint density at radius 3 is 2.17 bits per heavy atom. The lowest BCUT2D eigenvalue weighted by Crippen LogP contribution is -1.88. The van der Waals surface area contributed by atoms with Gasteiger partial charge in [0.1, 0.15) is 6.29 Å². The molecule has 0 heterocycles. The first kappa shape index (κ1) is 17.2. The summed E-state index contributed by atoms with van der Waals surface area (Å²) in [5.41, 5.74) is 2.78. The summed E-state index contributed by atoms with van der Waals surface area (Å²) in [7, 11) is 2.13.